The first-order valence-corrected chi connectivity index (χ1v) is 4.83. The van der Waals surface area contributed by atoms with E-state index >= 15 is 0 Å². The van der Waals surface area contributed by atoms with Crippen LogP contribution in [0.2, 0.25) is 0 Å². The van der Waals surface area contributed by atoms with Crippen molar-refractivity contribution in [2.75, 3.05) is 0 Å². The SMILES string of the molecule is CCCCCn1ncc([N+](=O)[O-])c1C. The highest BCUT2D eigenvalue weighted by Crippen LogP contribution is 2.16. The van der Waals surface area contributed by atoms with Crippen LogP contribution in [0.25, 0.3) is 0 Å². The summed E-state index contributed by atoms with van der Waals surface area (Å²) in [6.45, 7) is 4.63. The molecule has 0 radical (unpaired) electrons. The second-order valence-electron chi connectivity index (χ2n) is 3.30. The third-order valence-corrected chi connectivity index (χ3v) is 2.25. The largest absolute Gasteiger partial charge is 0.309 e. The summed E-state index contributed by atoms with van der Waals surface area (Å²) in [5.74, 6) is 0. The molecule has 78 valence electrons. The van der Waals surface area contributed by atoms with Gasteiger partial charge in [-0.2, -0.15) is 5.10 Å². The van der Waals surface area contributed by atoms with Crippen LogP contribution in [0.15, 0.2) is 6.20 Å². The summed E-state index contributed by atoms with van der Waals surface area (Å²) < 4.78 is 1.70. The summed E-state index contributed by atoms with van der Waals surface area (Å²) in [7, 11) is 0. The standard InChI is InChI=1S/C9H15N3O2/c1-3-4-5-6-11-8(2)9(7-10-11)12(13)14/h7H,3-6H2,1-2H3. The zero-order chi connectivity index (χ0) is 10.6. The Morgan fingerprint density at radius 3 is 2.79 bits per heavy atom. The molecular weight excluding hydrogens is 182 g/mol. The number of unbranched alkanes of at least 4 members (excludes halogenated alkanes) is 2. The molecule has 1 aromatic rings. The minimum Gasteiger partial charge on any atom is -0.263 e. The second-order valence-corrected chi connectivity index (χ2v) is 3.30. The van der Waals surface area contributed by atoms with Gasteiger partial charge in [-0.1, -0.05) is 19.8 Å². The lowest BCUT2D eigenvalue weighted by Gasteiger charge is -2.01. The van der Waals surface area contributed by atoms with E-state index in [9.17, 15) is 10.1 Å². The van der Waals surface area contributed by atoms with E-state index in [1.54, 1.807) is 11.6 Å². The van der Waals surface area contributed by atoms with Crippen LogP contribution in [0, 0.1) is 17.0 Å². The van der Waals surface area contributed by atoms with Crippen molar-refractivity contribution >= 4 is 5.69 Å². The normalized spacial score (nSPS) is 10.4. The van der Waals surface area contributed by atoms with E-state index in [-0.39, 0.29) is 5.69 Å². The van der Waals surface area contributed by atoms with Crippen LogP contribution >= 0.6 is 0 Å². The maximum Gasteiger partial charge on any atom is 0.309 e. The topological polar surface area (TPSA) is 61.0 Å². The Morgan fingerprint density at radius 1 is 1.57 bits per heavy atom. The molecule has 0 aliphatic heterocycles. The molecule has 0 saturated carbocycles. The first-order chi connectivity index (χ1) is 6.66. The predicted molar refractivity (Wildman–Crippen MR) is 53.1 cm³/mol. The highest BCUT2D eigenvalue weighted by atomic mass is 16.6. The highest BCUT2D eigenvalue weighted by molar-refractivity contribution is 5.31. The van der Waals surface area contributed by atoms with Crippen LogP contribution in [-0.4, -0.2) is 14.7 Å². The molecule has 0 N–H and O–H groups in total. The molecular formula is C9H15N3O2. The average Bonchev–Trinajstić information content (AvgIpc) is 2.48. The molecule has 5 nitrogen and oxygen atoms in total. The molecule has 0 amide bonds. The molecule has 0 aromatic carbocycles. The third kappa shape index (κ3) is 2.31. The van der Waals surface area contributed by atoms with Gasteiger partial charge in [-0.25, -0.2) is 0 Å². The van der Waals surface area contributed by atoms with Gasteiger partial charge in [0.1, 0.15) is 11.9 Å². The first-order valence-electron chi connectivity index (χ1n) is 4.83. The van der Waals surface area contributed by atoms with Crippen molar-refractivity contribution in [3.63, 3.8) is 0 Å². The van der Waals surface area contributed by atoms with Gasteiger partial charge in [0.05, 0.1) is 4.92 Å². The van der Waals surface area contributed by atoms with Crippen LogP contribution in [0.5, 0.6) is 0 Å². The van der Waals surface area contributed by atoms with E-state index in [0.29, 0.717) is 5.69 Å². The molecule has 14 heavy (non-hydrogen) atoms. The van der Waals surface area contributed by atoms with E-state index in [4.69, 9.17) is 0 Å². The number of aryl methyl sites for hydroxylation is 1. The van der Waals surface area contributed by atoms with Crippen molar-refractivity contribution in [2.45, 2.75) is 39.7 Å². The van der Waals surface area contributed by atoms with Crippen molar-refractivity contribution in [3.8, 4) is 0 Å². The zero-order valence-corrected chi connectivity index (χ0v) is 8.56. The maximum absolute atomic E-state index is 10.5. The predicted octanol–water partition coefficient (Wildman–Crippen LogP) is 2.29. The minimum atomic E-state index is -0.390. The molecule has 1 aromatic heterocycles. The van der Waals surface area contributed by atoms with Gasteiger partial charge in [0.2, 0.25) is 0 Å². The monoisotopic (exact) mass is 197 g/mol. The molecule has 0 atom stereocenters. The quantitative estimate of drug-likeness (QED) is 0.413. The van der Waals surface area contributed by atoms with Crippen LogP contribution in [0.1, 0.15) is 31.9 Å². The molecule has 0 aliphatic rings. The Bertz CT molecular complexity index is 320. The van der Waals surface area contributed by atoms with Gasteiger partial charge >= 0.3 is 5.69 Å². The summed E-state index contributed by atoms with van der Waals surface area (Å²) in [5.41, 5.74) is 0.757. The Kier molecular flexibility index (Phi) is 3.62. The summed E-state index contributed by atoms with van der Waals surface area (Å²) in [6.07, 6.45) is 4.62. The fourth-order valence-corrected chi connectivity index (χ4v) is 1.35. The molecule has 0 aliphatic carbocycles. The number of aromatic nitrogens is 2. The van der Waals surface area contributed by atoms with E-state index in [2.05, 4.69) is 12.0 Å². The molecule has 0 spiro atoms. The van der Waals surface area contributed by atoms with Gasteiger partial charge in [-0.15, -0.1) is 0 Å². The average molecular weight is 197 g/mol. The molecule has 0 unspecified atom stereocenters. The molecule has 1 heterocycles. The lowest BCUT2D eigenvalue weighted by molar-refractivity contribution is -0.385. The smallest absolute Gasteiger partial charge is 0.263 e. The van der Waals surface area contributed by atoms with Crippen molar-refractivity contribution in [3.05, 3.63) is 22.0 Å². The van der Waals surface area contributed by atoms with Gasteiger partial charge in [0, 0.05) is 6.54 Å². The van der Waals surface area contributed by atoms with Gasteiger partial charge in [-0.3, -0.25) is 14.8 Å². The van der Waals surface area contributed by atoms with Gasteiger partial charge in [0.25, 0.3) is 0 Å². The molecule has 0 saturated heterocycles. The van der Waals surface area contributed by atoms with E-state index in [1.165, 1.54) is 6.20 Å². The third-order valence-electron chi connectivity index (χ3n) is 2.25. The number of hydrogen-bond donors (Lipinski definition) is 0. The van der Waals surface area contributed by atoms with Crippen molar-refractivity contribution in [1.29, 1.82) is 0 Å². The van der Waals surface area contributed by atoms with E-state index in [0.717, 1.165) is 25.8 Å². The first kappa shape index (κ1) is 10.7. The number of hydrogen-bond acceptors (Lipinski definition) is 3. The fraction of sp³-hybridized carbons (Fsp3) is 0.667. The number of nitrogens with zero attached hydrogens (tertiary/aromatic N) is 3. The van der Waals surface area contributed by atoms with E-state index < -0.39 is 4.92 Å². The molecule has 0 bridgehead atoms. The van der Waals surface area contributed by atoms with Gasteiger partial charge < -0.3 is 0 Å². The molecule has 0 fully saturated rings. The van der Waals surface area contributed by atoms with E-state index in [1.807, 2.05) is 0 Å². The van der Waals surface area contributed by atoms with Crippen LogP contribution in [0.4, 0.5) is 5.69 Å². The fourth-order valence-electron chi connectivity index (χ4n) is 1.35. The molecule has 1 rings (SSSR count). The Balaban J connectivity index is 2.65. The summed E-state index contributed by atoms with van der Waals surface area (Å²) in [6, 6.07) is 0. The Labute approximate surface area is 82.9 Å². The lowest BCUT2D eigenvalue weighted by Crippen LogP contribution is -2.02. The van der Waals surface area contributed by atoms with Crippen molar-refractivity contribution in [1.82, 2.24) is 9.78 Å². The second kappa shape index (κ2) is 4.74. The van der Waals surface area contributed by atoms with Crippen molar-refractivity contribution in [2.24, 2.45) is 0 Å². The summed E-state index contributed by atoms with van der Waals surface area (Å²) in [4.78, 5) is 10.1. The Hall–Kier alpha value is -1.39. The van der Waals surface area contributed by atoms with Crippen LogP contribution < -0.4 is 0 Å². The van der Waals surface area contributed by atoms with Crippen molar-refractivity contribution < 1.29 is 4.92 Å². The Morgan fingerprint density at radius 2 is 2.29 bits per heavy atom. The van der Waals surface area contributed by atoms with Crippen LogP contribution in [0.3, 0.4) is 0 Å². The highest BCUT2D eigenvalue weighted by Gasteiger charge is 2.15. The molecule has 5 heteroatoms. The zero-order valence-electron chi connectivity index (χ0n) is 8.56. The van der Waals surface area contributed by atoms with Gasteiger partial charge in [-0.05, 0) is 13.3 Å². The lowest BCUT2D eigenvalue weighted by atomic mass is 10.2. The summed E-state index contributed by atoms with van der Waals surface area (Å²) in [5, 5.41) is 14.5. The maximum atomic E-state index is 10.5. The van der Waals surface area contributed by atoms with Crippen LogP contribution in [-0.2, 0) is 6.54 Å². The summed E-state index contributed by atoms with van der Waals surface area (Å²) >= 11 is 0. The number of nitro groups is 1. The number of rotatable bonds is 5. The minimum absolute atomic E-state index is 0.112. The van der Waals surface area contributed by atoms with Gasteiger partial charge in [0.15, 0.2) is 0 Å².